The van der Waals surface area contributed by atoms with Crippen molar-refractivity contribution in [2.24, 2.45) is 0 Å². The molecular weight excluding hydrogens is 248 g/mol. The molecule has 2 N–H and O–H groups in total. The van der Waals surface area contributed by atoms with Crippen LogP contribution in [0.5, 0.6) is 0 Å². The number of hydrogen-bond donors (Lipinski definition) is 1. The lowest BCUT2D eigenvalue weighted by Crippen LogP contribution is -2.09. The first kappa shape index (κ1) is 12.8. The van der Waals surface area contributed by atoms with Crippen LogP contribution in [0, 0.1) is 0 Å². The average Bonchev–Trinajstić information content (AvgIpc) is 2.85. The molecule has 2 rings (SSSR count). The molecule has 0 aliphatic heterocycles. The zero-order valence-corrected chi connectivity index (χ0v) is 11.1. The molecule has 5 nitrogen and oxygen atoms in total. The summed E-state index contributed by atoms with van der Waals surface area (Å²) in [5, 5.41) is 0. The molecule has 2 heterocycles. The van der Waals surface area contributed by atoms with Crippen molar-refractivity contribution in [2.75, 3.05) is 17.2 Å². The van der Waals surface area contributed by atoms with Gasteiger partial charge in [-0.1, -0.05) is 6.92 Å². The molecule has 18 heavy (non-hydrogen) atoms. The molecule has 0 aliphatic rings. The average molecular weight is 264 g/mol. The third-order valence-corrected chi connectivity index (χ3v) is 3.96. The van der Waals surface area contributed by atoms with E-state index in [1.807, 2.05) is 17.6 Å². The number of hydrogen-bond acceptors (Lipinski definition) is 4. The van der Waals surface area contributed by atoms with Gasteiger partial charge >= 0.3 is 0 Å². The Labute approximate surface area is 109 Å². The first-order valence-corrected chi connectivity index (χ1v) is 7.26. The van der Waals surface area contributed by atoms with Crippen LogP contribution in [0.1, 0.15) is 6.92 Å². The van der Waals surface area contributed by atoms with Gasteiger partial charge in [-0.05, 0) is 12.1 Å². The molecule has 0 aromatic carbocycles. The van der Waals surface area contributed by atoms with Crippen molar-refractivity contribution in [1.29, 1.82) is 0 Å². The van der Waals surface area contributed by atoms with Gasteiger partial charge in [-0.2, -0.15) is 0 Å². The molecule has 2 aromatic heterocycles. The number of aromatic nitrogens is 3. The van der Waals surface area contributed by atoms with E-state index >= 15 is 0 Å². The van der Waals surface area contributed by atoms with Crippen molar-refractivity contribution in [1.82, 2.24) is 14.5 Å². The van der Waals surface area contributed by atoms with Crippen LogP contribution in [-0.2, 0) is 17.3 Å². The van der Waals surface area contributed by atoms with Gasteiger partial charge in [0.25, 0.3) is 0 Å². The molecule has 6 heteroatoms. The standard InChI is InChI=1S/C12H16N4OS/c1-2-18(17)6-5-16-9-14-8-11(16)10-3-4-12(13)15-7-10/h3-4,7-9H,2,5-6H2,1H3,(H2,13,15). The highest BCUT2D eigenvalue weighted by molar-refractivity contribution is 7.84. The number of anilines is 1. The molecule has 0 saturated carbocycles. The van der Waals surface area contributed by atoms with Crippen LogP contribution in [0.3, 0.4) is 0 Å². The van der Waals surface area contributed by atoms with E-state index in [0.29, 0.717) is 23.9 Å². The third-order valence-electron chi connectivity index (χ3n) is 2.68. The number of aryl methyl sites for hydroxylation is 1. The van der Waals surface area contributed by atoms with Gasteiger partial charge in [0.15, 0.2) is 0 Å². The first-order valence-electron chi connectivity index (χ1n) is 5.77. The number of imidazole rings is 1. The lowest BCUT2D eigenvalue weighted by molar-refractivity contribution is 0.675. The zero-order chi connectivity index (χ0) is 13.0. The fourth-order valence-electron chi connectivity index (χ4n) is 1.64. The predicted octanol–water partition coefficient (Wildman–Crippen LogP) is 1.30. The van der Waals surface area contributed by atoms with E-state index < -0.39 is 10.8 Å². The van der Waals surface area contributed by atoms with Gasteiger partial charge in [0, 0.05) is 40.6 Å². The minimum absolute atomic E-state index is 0.497. The van der Waals surface area contributed by atoms with E-state index in [0.717, 1.165) is 11.3 Å². The van der Waals surface area contributed by atoms with Crippen molar-refractivity contribution in [3.8, 4) is 11.3 Å². The molecule has 2 aromatic rings. The fraction of sp³-hybridized carbons (Fsp3) is 0.333. The van der Waals surface area contributed by atoms with Crippen LogP contribution in [0.25, 0.3) is 11.3 Å². The highest BCUT2D eigenvalue weighted by atomic mass is 32.2. The van der Waals surface area contributed by atoms with Crippen LogP contribution in [0.4, 0.5) is 5.82 Å². The normalized spacial score (nSPS) is 12.5. The van der Waals surface area contributed by atoms with Gasteiger partial charge in [-0.3, -0.25) is 4.21 Å². The molecule has 96 valence electrons. The van der Waals surface area contributed by atoms with Crippen LogP contribution in [0.15, 0.2) is 30.9 Å². The van der Waals surface area contributed by atoms with E-state index in [-0.39, 0.29) is 0 Å². The Balaban J connectivity index is 2.17. The monoisotopic (exact) mass is 264 g/mol. The van der Waals surface area contributed by atoms with Gasteiger partial charge < -0.3 is 10.3 Å². The topological polar surface area (TPSA) is 73.8 Å². The van der Waals surface area contributed by atoms with E-state index in [1.165, 1.54) is 0 Å². The minimum atomic E-state index is -0.764. The molecule has 0 saturated heterocycles. The second-order valence-corrected chi connectivity index (χ2v) is 5.74. The summed E-state index contributed by atoms with van der Waals surface area (Å²) in [5.41, 5.74) is 7.49. The summed E-state index contributed by atoms with van der Waals surface area (Å²) >= 11 is 0. The van der Waals surface area contributed by atoms with Crippen molar-refractivity contribution in [3.63, 3.8) is 0 Å². The van der Waals surface area contributed by atoms with Crippen molar-refractivity contribution in [3.05, 3.63) is 30.9 Å². The summed E-state index contributed by atoms with van der Waals surface area (Å²) in [6.07, 6.45) is 5.25. The van der Waals surface area contributed by atoms with Crippen LogP contribution in [0.2, 0.25) is 0 Å². The molecule has 0 fully saturated rings. The third kappa shape index (κ3) is 2.95. The van der Waals surface area contributed by atoms with E-state index in [2.05, 4.69) is 9.97 Å². The van der Waals surface area contributed by atoms with Crippen LogP contribution in [-0.4, -0.2) is 30.2 Å². The van der Waals surface area contributed by atoms with Gasteiger partial charge in [-0.15, -0.1) is 0 Å². The van der Waals surface area contributed by atoms with Crippen LogP contribution < -0.4 is 5.73 Å². The number of nitrogens with zero attached hydrogens (tertiary/aromatic N) is 3. The summed E-state index contributed by atoms with van der Waals surface area (Å²) in [5.74, 6) is 1.83. The van der Waals surface area contributed by atoms with Crippen molar-refractivity contribution >= 4 is 16.6 Å². The summed E-state index contributed by atoms with van der Waals surface area (Å²) in [7, 11) is -0.764. The summed E-state index contributed by atoms with van der Waals surface area (Å²) in [6.45, 7) is 2.62. The summed E-state index contributed by atoms with van der Waals surface area (Å²) in [6, 6.07) is 3.67. The Morgan fingerprint density at radius 2 is 2.22 bits per heavy atom. The van der Waals surface area contributed by atoms with E-state index in [4.69, 9.17) is 5.73 Å². The fourth-order valence-corrected chi connectivity index (χ4v) is 2.33. The molecule has 0 bridgehead atoms. The highest BCUT2D eigenvalue weighted by Crippen LogP contribution is 2.18. The maximum absolute atomic E-state index is 11.4. The summed E-state index contributed by atoms with van der Waals surface area (Å²) in [4.78, 5) is 8.19. The van der Waals surface area contributed by atoms with Gasteiger partial charge in [0.2, 0.25) is 0 Å². The number of nitrogen functional groups attached to an aromatic ring is 1. The molecule has 1 atom stereocenters. The quantitative estimate of drug-likeness (QED) is 0.883. The first-order chi connectivity index (χ1) is 8.70. The molecule has 0 radical (unpaired) electrons. The number of nitrogens with two attached hydrogens (primary N) is 1. The zero-order valence-electron chi connectivity index (χ0n) is 10.2. The highest BCUT2D eigenvalue weighted by Gasteiger charge is 2.06. The molecule has 0 amide bonds. The molecule has 0 spiro atoms. The smallest absolute Gasteiger partial charge is 0.123 e. The molecular formula is C12H16N4OS. The van der Waals surface area contributed by atoms with Crippen molar-refractivity contribution in [2.45, 2.75) is 13.5 Å². The second kappa shape index (κ2) is 5.77. The van der Waals surface area contributed by atoms with Crippen molar-refractivity contribution < 1.29 is 4.21 Å². The predicted molar refractivity (Wildman–Crippen MR) is 73.4 cm³/mol. The Morgan fingerprint density at radius 1 is 1.39 bits per heavy atom. The van der Waals surface area contributed by atoms with E-state index in [9.17, 15) is 4.21 Å². The Morgan fingerprint density at radius 3 is 2.89 bits per heavy atom. The van der Waals surface area contributed by atoms with Gasteiger partial charge in [0.1, 0.15) is 5.82 Å². The maximum atomic E-state index is 11.4. The maximum Gasteiger partial charge on any atom is 0.123 e. The largest absolute Gasteiger partial charge is 0.384 e. The Kier molecular flexibility index (Phi) is 4.09. The van der Waals surface area contributed by atoms with E-state index in [1.54, 1.807) is 24.8 Å². The molecule has 1 unspecified atom stereocenters. The van der Waals surface area contributed by atoms with Gasteiger partial charge in [0.05, 0.1) is 18.2 Å². The van der Waals surface area contributed by atoms with Gasteiger partial charge in [-0.25, -0.2) is 9.97 Å². The lowest BCUT2D eigenvalue weighted by atomic mass is 10.2. The number of pyridine rings is 1. The second-order valence-electron chi connectivity index (χ2n) is 3.88. The Hall–Kier alpha value is -1.69. The van der Waals surface area contributed by atoms with Crippen LogP contribution >= 0.6 is 0 Å². The SMILES string of the molecule is CCS(=O)CCn1cncc1-c1ccc(N)nc1. The lowest BCUT2D eigenvalue weighted by Gasteiger charge is -2.07. The number of rotatable bonds is 5. The minimum Gasteiger partial charge on any atom is -0.384 e. The Bertz CT molecular complexity index is 535. The molecule has 0 aliphatic carbocycles. The summed E-state index contributed by atoms with van der Waals surface area (Å²) < 4.78 is 13.4.